The minimum Gasteiger partial charge on any atom is -0.293 e. The summed E-state index contributed by atoms with van der Waals surface area (Å²) in [6, 6.07) is 15.9. The number of thioether (sulfide) groups is 1. The molecule has 0 unspecified atom stereocenters. The molecule has 6 nitrogen and oxygen atoms in total. The lowest BCUT2D eigenvalue weighted by Crippen LogP contribution is -2.41. The summed E-state index contributed by atoms with van der Waals surface area (Å²) in [6.45, 7) is 0.509. The number of nitrogens with one attached hydrogen (secondary N) is 2. The average molecular weight is 488 g/mol. The van der Waals surface area contributed by atoms with Crippen molar-refractivity contribution in [2.45, 2.75) is 25.7 Å². The third-order valence-electron chi connectivity index (χ3n) is 4.68. The Bertz CT molecular complexity index is 1030. The number of unbranched alkanes of at least 4 members (excludes halogenated alkanes) is 2. The van der Waals surface area contributed by atoms with E-state index < -0.39 is 0 Å². The van der Waals surface area contributed by atoms with Crippen molar-refractivity contribution in [1.29, 1.82) is 0 Å². The van der Waals surface area contributed by atoms with E-state index in [1.54, 1.807) is 41.3 Å². The molecule has 0 bridgehead atoms. The summed E-state index contributed by atoms with van der Waals surface area (Å²) in [7, 11) is 0. The number of hydrazine groups is 1. The molecule has 3 amide bonds. The number of halogens is 1. The molecule has 1 aliphatic rings. The first kappa shape index (κ1) is 24.0. The highest BCUT2D eigenvalue weighted by Crippen LogP contribution is 2.32. The second-order valence-corrected chi connectivity index (χ2v) is 9.18. The Morgan fingerprint density at radius 2 is 1.72 bits per heavy atom. The molecule has 2 N–H and O–H groups in total. The number of thiocarbonyl (C=S) groups is 1. The molecule has 166 valence electrons. The van der Waals surface area contributed by atoms with Crippen LogP contribution >= 0.6 is 35.6 Å². The van der Waals surface area contributed by atoms with Gasteiger partial charge in [-0.25, -0.2) is 0 Å². The fourth-order valence-electron chi connectivity index (χ4n) is 2.99. The van der Waals surface area contributed by atoms with Crippen LogP contribution in [0.4, 0.5) is 0 Å². The molecule has 1 aliphatic heterocycles. The molecular weight excluding hydrogens is 466 g/mol. The van der Waals surface area contributed by atoms with Crippen molar-refractivity contribution < 1.29 is 14.4 Å². The third kappa shape index (κ3) is 6.91. The SMILES string of the molecule is O=C(CCCCCN1C(=O)C(=Cc2ccc(Cl)cc2)SC1=S)NNC(=O)c1ccccc1. The van der Waals surface area contributed by atoms with Gasteiger partial charge in [0.2, 0.25) is 5.91 Å². The first-order valence-electron chi connectivity index (χ1n) is 10.1. The number of nitrogens with zero attached hydrogens (tertiary/aromatic N) is 1. The molecule has 9 heteroatoms. The van der Waals surface area contributed by atoms with Gasteiger partial charge >= 0.3 is 0 Å². The summed E-state index contributed by atoms with van der Waals surface area (Å²) in [6.07, 6.45) is 4.22. The normalized spacial score (nSPS) is 14.7. The molecule has 1 heterocycles. The maximum absolute atomic E-state index is 12.6. The molecule has 0 aromatic heterocycles. The van der Waals surface area contributed by atoms with Crippen LogP contribution in [0.1, 0.15) is 41.6 Å². The highest BCUT2D eigenvalue weighted by Gasteiger charge is 2.31. The second kappa shape index (κ2) is 11.8. The largest absolute Gasteiger partial charge is 0.293 e. The zero-order valence-corrected chi connectivity index (χ0v) is 19.6. The third-order valence-corrected chi connectivity index (χ3v) is 6.31. The average Bonchev–Trinajstić information content (AvgIpc) is 3.06. The Labute approximate surface area is 201 Å². The van der Waals surface area contributed by atoms with Crippen molar-refractivity contribution in [3.8, 4) is 0 Å². The van der Waals surface area contributed by atoms with Crippen molar-refractivity contribution in [2.24, 2.45) is 0 Å². The molecule has 0 radical (unpaired) electrons. The van der Waals surface area contributed by atoms with Crippen molar-refractivity contribution in [1.82, 2.24) is 15.8 Å². The number of amides is 3. The Balaban J connectivity index is 1.36. The van der Waals surface area contributed by atoms with Crippen LogP contribution in [0.15, 0.2) is 59.5 Å². The minimum atomic E-state index is -0.361. The van der Waals surface area contributed by atoms with E-state index in [-0.39, 0.29) is 24.1 Å². The van der Waals surface area contributed by atoms with E-state index in [0.717, 1.165) is 18.4 Å². The zero-order valence-electron chi connectivity index (χ0n) is 17.2. The highest BCUT2D eigenvalue weighted by molar-refractivity contribution is 8.26. The first-order valence-corrected chi connectivity index (χ1v) is 11.7. The van der Waals surface area contributed by atoms with Crippen LogP contribution in [0, 0.1) is 0 Å². The van der Waals surface area contributed by atoms with E-state index in [2.05, 4.69) is 10.9 Å². The van der Waals surface area contributed by atoms with Crippen LogP contribution in [0.3, 0.4) is 0 Å². The van der Waals surface area contributed by atoms with E-state index in [1.807, 2.05) is 24.3 Å². The Morgan fingerprint density at radius 3 is 2.44 bits per heavy atom. The van der Waals surface area contributed by atoms with E-state index in [9.17, 15) is 14.4 Å². The highest BCUT2D eigenvalue weighted by atomic mass is 35.5. The monoisotopic (exact) mass is 487 g/mol. The van der Waals surface area contributed by atoms with Gasteiger partial charge < -0.3 is 0 Å². The molecule has 1 fully saturated rings. The number of hydrogen-bond acceptors (Lipinski definition) is 5. The van der Waals surface area contributed by atoms with Gasteiger partial charge in [-0.05, 0) is 48.7 Å². The summed E-state index contributed by atoms with van der Waals surface area (Å²) >= 11 is 12.5. The predicted molar refractivity (Wildman–Crippen MR) is 132 cm³/mol. The van der Waals surface area contributed by atoms with Crippen molar-refractivity contribution in [2.75, 3.05) is 6.54 Å². The first-order chi connectivity index (χ1) is 15.4. The summed E-state index contributed by atoms with van der Waals surface area (Å²) < 4.78 is 0.539. The maximum Gasteiger partial charge on any atom is 0.269 e. The topological polar surface area (TPSA) is 78.5 Å². The van der Waals surface area contributed by atoms with Crippen LogP contribution in [0.2, 0.25) is 5.02 Å². The van der Waals surface area contributed by atoms with Gasteiger partial charge in [0.15, 0.2) is 0 Å². The van der Waals surface area contributed by atoms with Crippen LogP contribution in [0.25, 0.3) is 6.08 Å². The molecule has 1 saturated heterocycles. The molecule has 0 aliphatic carbocycles. The lowest BCUT2D eigenvalue weighted by atomic mass is 10.2. The summed E-state index contributed by atoms with van der Waals surface area (Å²) in [5, 5.41) is 0.641. The predicted octanol–water partition coefficient (Wildman–Crippen LogP) is 4.56. The van der Waals surface area contributed by atoms with Crippen LogP contribution in [0.5, 0.6) is 0 Å². The lowest BCUT2D eigenvalue weighted by Gasteiger charge is -2.14. The van der Waals surface area contributed by atoms with Gasteiger partial charge in [-0.2, -0.15) is 0 Å². The smallest absolute Gasteiger partial charge is 0.269 e. The molecule has 2 aromatic rings. The van der Waals surface area contributed by atoms with E-state index in [4.69, 9.17) is 23.8 Å². The number of hydrogen-bond donors (Lipinski definition) is 2. The van der Waals surface area contributed by atoms with Crippen molar-refractivity contribution in [3.63, 3.8) is 0 Å². The number of carbonyl (C=O) groups excluding carboxylic acids is 3. The van der Waals surface area contributed by atoms with Gasteiger partial charge in [0.25, 0.3) is 11.8 Å². The minimum absolute atomic E-state index is 0.101. The van der Waals surface area contributed by atoms with Crippen molar-refractivity contribution in [3.05, 3.63) is 75.7 Å². The second-order valence-electron chi connectivity index (χ2n) is 7.06. The van der Waals surface area contributed by atoms with Crippen LogP contribution in [-0.4, -0.2) is 33.5 Å². The van der Waals surface area contributed by atoms with Gasteiger partial charge in [0.05, 0.1) is 4.91 Å². The van der Waals surface area contributed by atoms with Gasteiger partial charge in [0, 0.05) is 23.6 Å². The Morgan fingerprint density at radius 1 is 1.00 bits per heavy atom. The Kier molecular flexibility index (Phi) is 8.84. The molecule has 0 saturated carbocycles. The van der Waals surface area contributed by atoms with Crippen LogP contribution in [-0.2, 0) is 9.59 Å². The number of rotatable bonds is 8. The summed E-state index contributed by atoms with van der Waals surface area (Å²) in [5.74, 6) is -0.720. The summed E-state index contributed by atoms with van der Waals surface area (Å²) in [5.41, 5.74) is 6.18. The Hall–Kier alpha value is -2.68. The standard InChI is InChI=1S/C23H22ClN3O3S2/c24-18-12-10-16(11-13-18)15-19-22(30)27(23(31)32-19)14-6-2-5-9-20(28)25-26-21(29)17-7-3-1-4-8-17/h1,3-4,7-8,10-13,15H,2,5-6,9,14H2,(H,25,28)(H,26,29). The van der Waals surface area contributed by atoms with Gasteiger partial charge in [-0.15, -0.1) is 0 Å². The number of benzene rings is 2. The van der Waals surface area contributed by atoms with E-state index in [1.165, 1.54) is 11.8 Å². The molecular formula is C23H22ClN3O3S2. The fraction of sp³-hybridized carbons (Fsp3) is 0.217. The molecule has 3 rings (SSSR count). The van der Waals surface area contributed by atoms with Gasteiger partial charge in [-0.1, -0.05) is 72.3 Å². The van der Waals surface area contributed by atoms with E-state index >= 15 is 0 Å². The molecule has 2 aromatic carbocycles. The lowest BCUT2D eigenvalue weighted by molar-refractivity contribution is -0.123. The molecule has 0 spiro atoms. The molecule has 32 heavy (non-hydrogen) atoms. The zero-order chi connectivity index (χ0) is 22.9. The number of carbonyl (C=O) groups is 3. The maximum atomic E-state index is 12.6. The fourth-order valence-corrected chi connectivity index (χ4v) is 4.42. The van der Waals surface area contributed by atoms with Gasteiger partial charge in [-0.3, -0.25) is 30.1 Å². The molecule has 0 atom stereocenters. The van der Waals surface area contributed by atoms with Crippen LogP contribution < -0.4 is 10.9 Å². The summed E-state index contributed by atoms with van der Waals surface area (Å²) in [4.78, 5) is 38.6. The van der Waals surface area contributed by atoms with Crippen molar-refractivity contribution >= 4 is 63.7 Å². The van der Waals surface area contributed by atoms with Gasteiger partial charge in [0.1, 0.15) is 4.32 Å². The van der Waals surface area contributed by atoms with E-state index in [0.29, 0.717) is 32.8 Å². The quantitative estimate of drug-likeness (QED) is 0.247.